The van der Waals surface area contributed by atoms with Gasteiger partial charge in [0.05, 0.1) is 5.69 Å². The minimum absolute atomic E-state index is 1.11. The molecule has 0 saturated heterocycles. The monoisotopic (exact) mass is 761 g/mol. The maximum atomic E-state index is 2.44. The number of hydrogen-bond donors (Lipinski definition) is 0. The van der Waals surface area contributed by atoms with Crippen molar-refractivity contribution in [1.82, 2.24) is 0 Å². The third-order valence-electron chi connectivity index (χ3n) is 11.1. The number of rotatable bonds is 7. The Labute approximate surface area is 340 Å². The molecule has 0 fully saturated rings. The van der Waals surface area contributed by atoms with Crippen LogP contribution in [0.25, 0.3) is 84.9 Å². The second-order valence-corrected chi connectivity index (χ2v) is 16.6. The van der Waals surface area contributed by atoms with Crippen LogP contribution in [0, 0.1) is 0 Å². The summed E-state index contributed by atoms with van der Waals surface area (Å²) in [6.07, 6.45) is 0. The highest BCUT2D eigenvalue weighted by atomic mass is 32.1. The van der Waals surface area contributed by atoms with Crippen LogP contribution in [0.4, 0.5) is 17.1 Å². The van der Waals surface area contributed by atoms with Crippen molar-refractivity contribution in [2.24, 2.45) is 0 Å². The van der Waals surface area contributed by atoms with Crippen LogP contribution >= 0.6 is 22.7 Å². The molecule has 3 heteroatoms. The summed E-state index contributed by atoms with van der Waals surface area (Å²) in [6.45, 7) is 0. The van der Waals surface area contributed by atoms with Gasteiger partial charge >= 0.3 is 0 Å². The predicted octanol–water partition coefficient (Wildman–Crippen LogP) is 16.6. The lowest BCUT2D eigenvalue weighted by Crippen LogP contribution is -2.11. The van der Waals surface area contributed by atoms with Crippen LogP contribution in [0.5, 0.6) is 0 Å². The first-order chi connectivity index (χ1) is 28.3. The van der Waals surface area contributed by atoms with E-state index in [2.05, 4.69) is 217 Å². The molecular weight excluding hydrogens is 727 g/mol. The van der Waals surface area contributed by atoms with Crippen molar-refractivity contribution in [2.45, 2.75) is 0 Å². The summed E-state index contributed by atoms with van der Waals surface area (Å²) >= 11 is 3.72. The first-order valence-electron chi connectivity index (χ1n) is 19.3. The zero-order valence-electron chi connectivity index (χ0n) is 31.0. The molecule has 0 radical (unpaired) electrons. The molecule has 0 N–H and O–H groups in total. The molecule has 2 heterocycles. The summed E-state index contributed by atoms with van der Waals surface area (Å²) in [4.78, 5) is 2.44. The largest absolute Gasteiger partial charge is 0.310 e. The van der Waals surface area contributed by atoms with E-state index in [-0.39, 0.29) is 0 Å². The Hall–Kier alpha value is -6.78. The van der Waals surface area contributed by atoms with Crippen molar-refractivity contribution in [2.75, 3.05) is 4.90 Å². The zero-order valence-corrected chi connectivity index (χ0v) is 32.6. The van der Waals surface area contributed by atoms with E-state index in [0.717, 1.165) is 17.1 Å². The van der Waals surface area contributed by atoms with Crippen molar-refractivity contribution in [3.63, 3.8) is 0 Å². The predicted molar refractivity (Wildman–Crippen MR) is 249 cm³/mol. The molecular formula is C54H35NS2. The van der Waals surface area contributed by atoms with Crippen molar-refractivity contribution >= 4 is 80.1 Å². The Morgan fingerprint density at radius 2 is 0.719 bits per heavy atom. The molecule has 1 nitrogen and oxygen atoms in total. The summed E-state index contributed by atoms with van der Waals surface area (Å²) in [5.41, 5.74) is 13.0. The molecule has 0 bridgehead atoms. The molecule has 2 aromatic heterocycles. The van der Waals surface area contributed by atoms with E-state index in [4.69, 9.17) is 0 Å². The van der Waals surface area contributed by atoms with Gasteiger partial charge in [0.1, 0.15) is 0 Å². The van der Waals surface area contributed by atoms with Gasteiger partial charge in [-0.25, -0.2) is 0 Å². The zero-order chi connectivity index (χ0) is 37.7. The smallest absolute Gasteiger partial charge is 0.0540 e. The molecule has 11 aromatic rings. The molecule has 0 aliphatic rings. The van der Waals surface area contributed by atoms with E-state index >= 15 is 0 Å². The second kappa shape index (κ2) is 14.1. The van der Waals surface area contributed by atoms with Gasteiger partial charge in [-0.1, -0.05) is 152 Å². The van der Waals surface area contributed by atoms with E-state index in [0.29, 0.717) is 0 Å². The average Bonchev–Trinajstić information content (AvgIpc) is 3.85. The van der Waals surface area contributed by atoms with Gasteiger partial charge in [0.15, 0.2) is 0 Å². The maximum Gasteiger partial charge on any atom is 0.0540 e. The van der Waals surface area contributed by atoms with Gasteiger partial charge in [0, 0.05) is 57.3 Å². The summed E-state index contributed by atoms with van der Waals surface area (Å²) in [7, 11) is 0. The van der Waals surface area contributed by atoms with Crippen LogP contribution in [0.3, 0.4) is 0 Å². The molecule has 0 atom stereocenters. The van der Waals surface area contributed by atoms with Gasteiger partial charge in [-0.15, -0.1) is 22.7 Å². The molecule has 11 rings (SSSR count). The third kappa shape index (κ3) is 5.91. The number of anilines is 3. The maximum absolute atomic E-state index is 2.44. The number of fused-ring (bicyclic) bond motifs is 6. The van der Waals surface area contributed by atoms with Gasteiger partial charge < -0.3 is 4.90 Å². The number of para-hydroxylation sites is 1. The van der Waals surface area contributed by atoms with Gasteiger partial charge in [0.2, 0.25) is 0 Å². The van der Waals surface area contributed by atoms with E-state index < -0.39 is 0 Å². The number of nitrogens with zero attached hydrogens (tertiary/aromatic N) is 1. The molecule has 0 unspecified atom stereocenters. The normalized spacial score (nSPS) is 11.5. The average molecular weight is 762 g/mol. The minimum Gasteiger partial charge on any atom is -0.310 e. The van der Waals surface area contributed by atoms with Crippen LogP contribution < -0.4 is 4.90 Å². The second-order valence-electron chi connectivity index (χ2n) is 14.4. The van der Waals surface area contributed by atoms with Gasteiger partial charge in [0.25, 0.3) is 0 Å². The lowest BCUT2D eigenvalue weighted by molar-refractivity contribution is 1.29. The Bertz CT molecular complexity index is 3240. The molecule has 9 aromatic carbocycles. The number of benzene rings is 9. The topological polar surface area (TPSA) is 3.24 Å². The quantitative estimate of drug-likeness (QED) is 0.156. The van der Waals surface area contributed by atoms with Gasteiger partial charge in [-0.05, 0) is 99.6 Å². The fourth-order valence-electron chi connectivity index (χ4n) is 8.43. The fourth-order valence-corrected chi connectivity index (χ4v) is 10.6. The summed E-state index contributed by atoms with van der Waals surface area (Å²) in [5, 5.41) is 5.21. The van der Waals surface area contributed by atoms with Crippen LogP contribution in [0.15, 0.2) is 212 Å². The highest BCUT2D eigenvalue weighted by Gasteiger charge is 2.21. The Balaban J connectivity index is 1.09. The molecule has 57 heavy (non-hydrogen) atoms. The van der Waals surface area contributed by atoms with Crippen molar-refractivity contribution in [1.29, 1.82) is 0 Å². The van der Waals surface area contributed by atoms with Crippen molar-refractivity contribution < 1.29 is 0 Å². The van der Waals surface area contributed by atoms with E-state index in [1.54, 1.807) is 0 Å². The lowest BCUT2D eigenvalue weighted by atomic mass is 9.88. The lowest BCUT2D eigenvalue weighted by Gasteiger charge is -2.29. The molecule has 0 aliphatic heterocycles. The highest BCUT2D eigenvalue weighted by molar-refractivity contribution is 7.26. The summed E-state index contributed by atoms with van der Waals surface area (Å²) in [5.74, 6) is 0. The van der Waals surface area contributed by atoms with E-state index in [1.807, 2.05) is 22.7 Å². The molecule has 0 saturated carbocycles. The van der Waals surface area contributed by atoms with Crippen molar-refractivity contribution in [3.05, 3.63) is 212 Å². The molecule has 0 spiro atoms. The Morgan fingerprint density at radius 3 is 1.40 bits per heavy atom. The van der Waals surface area contributed by atoms with Crippen molar-refractivity contribution in [3.8, 4) is 44.5 Å². The summed E-state index contributed by atoms with van der Waals surface area (Å²) in [6, 6.07) is 77.7. The van der Waals surface area contributed by atoms with Crippen LogP contribution in [-0.2, 0) is 0 Å². The Kier molecular flexibility index (Phi) is 8.28. The number of hydrogen-bond acceptors (Lipinski definition) is 3. The van der Waals surface area contributed by atoms with E-state index in [1.165, 1.54) is 84.9 Å². The summed E-state index contributed by atoms with van der Waals surface area (Å²) < 4.78 is 5.25. The fraction of sp³-hybridized carbons (Fsp3) is 0. The van der Waals surface area contributed by atoms with Crippen LogP contribution in [0.2, 0.25) is 0 Å². The van der Waals surface area contributed by atoms with Gasteiger partial charge in [-0.3, -0.25) is 0 Å². The SMILES string of the molecule is c1ccc(-c2ccccc2-c2ccccc2-c2ccccc2N(c2ccc(-c3ccc4sc5ccccc5c4c3)cc2)c2ccc3sc4ccccc4c3c2)cc1. The van der Waals surface area contributed by atoms with Gasteiger partial charge in [-0.2, -0.15) is 0 Å². The first kappa shape index (κ1) is 33.5. The van der Waals surface area contributed by atoms with E-state index in [9.17, 15) is 0 Å². The van der Waals surface area contributed by atoms with Crippen LogP contribution in [0.1, 0.15) is 0 Å². The number of thiophene rings is 2. The first-order valence-corrected chi connectivity index (χ1v) is 21.0. The molecule has 0 aliphatic carbocycles. The van der Waals surface area contributed by atoms with Crippen LogP contribution in [-0.4, -0.2) is 0 Å². The highest BCUT2D eigenvalue weighted by Crippen LogP contribution is 2.47. The molecule has 0 amide bonds. The minimum atomic E-state index is 1.11. The third-order valence-corrected chi connectivity index (χ3v) is 13.4. The molecule has 268 valence electrons. The standard InChI is InChI=1S/C54H35NS2/c1-2-14-37(15-3-1)41-16-4-5-17-42(41)43-18-6-7-19-44(43)45-20-8-11-23-50(45)55(40-31-33-54-49(35-40)47-22-10-13-25-52(47)57-54)39-29-26-36(27-30-39)38-28-32-53-48(34-38)46-21-9-12-24-51(46)56-53/h1-35H. The Morgan fingerprint density at radius 1 is 0.263 bits per heavy atom.